The van der Waals surface area contributed by atoms with Crippen LogP contribution >= 0.6 is 11.6 Å². The first kappa shape index (κ1) is 17.1. The zero-order valence-electron chi connectivity index (χ0n) is 12.0. The SMILES string of the molecule is C=CCN(c1ccccc1)S(=O)(=O)c1cc(C(=O)[O-])ccc1Cl. The molecular weight excluding hydrogens is 338 g/mol. The number of halogens is 1. The molecule has 0 aliphatic carbocycles. The van der Waals surface area contributed by atoms with Gasteiger partial charge in [-0.2, -0.15) is 0 Å². The van der Waals surface area contributed by atoms with Gasteiger partial charge < -0.3 is 9.90 Å². The number of rotatable bonds is 6. The molecule has 2 rings (SSSR count). The molecule has 0 aliphatic heterocycles. The van der Waals surface area contributed by atoms with Crippen LogP contribution in [0.15, 0.2) is 66.1 Å². The van der Waals surface area contributed by atoms with Gasteiger partial charge in [0.15, 0.2) is 0 Å². The highest BCUT2D eigenvalue weighted by Crippen LogP contribution is 2.29. The molecule has 0 bridgehead atoms. The molecule has 0 heterocycles. The van der Waals surface area contributed by atoms with Crippen molar-refractivity contribution < 1.29 is 18.3 Å². The third-order valence-corrected chi connectivity index (χ3v) is 5.35. The first-order valence-corrected chi connectivity index (χ1v) is 8.39. The van der Waals surface area contributed by atoms with Gasteiger partial charge in [-0.1, -0.05) is 41.9 Å². The molecule has 0 amide bonds. The Morgan fingerprint density at radius 1 is 1.22 bits per heavy atom. The molecule has 0 spiro atoms. The maximum atomic E-state index is 12.9. The highest BCUT2D eigenvalue weighted by atomic mass is 35.5. The molecule has 0 fully saturated rings. The van der Waals surface area contributed by atoms with E-state index in [2.05, 4.69) is 6.58 Å². The van der Waals surface area contributed by atoms with Gasteiger partial charge in [0.1, 0.15) is 4.90 Å². The van der Waals surface area contributed by atoms with Crippen LogP contribution in [0.3, 0.4) is 0 Å². The van der Waals surface area contributed by atoms with Gasteiger partial charge in [-0.15, -0.1) is 6.58 Å². The molecule has 2 aromatic rings. The maximum Gasteiger partial charge on any atom is 0.266 e. The quantitative estimate of drug-likeness (QED) is 0.747. The number of anilines is 1. The van der Waals surface area contributed by atoms with Crippen molar-refractivity contribution in [1.29, 1.82) is 0 Å². The second-order valence-corrected chi connectivity index (χ2v) is 6.83. The largest absolute Gasteiger partial charge is 0.545 e. The smallest absolute Gasteiger partial charge is 0.266 e. The second kappa shape index (κ2) is 6.85. The summed E-state index contributed by atoms with van der Waals surface area (Å²) in [4.78, 5) is 10.7. The van der Waals surface area contributed by atoms with E-state index in [1.165, 1.54) is 18.2 Å². The monoisotopic (exact) mass is 350 g/mol. The van der Waals surface area contributed by atoms with E-state index in [0.29, 0.717) is 5.69 Å². The molecule has 0 aromatic heterocycles. The molecule has 0 radical (unpaired) electrons. The number of benzene rings is 2. The Kier molecular flexibility index (Phi) is 5.08. The normalized spacial score (nSPS) is 11.0. The van der Waals surface area contributed by atoms with E-state index < -0.39 is 16.0 Å². The average Bonchev–Trinajstić information content (AvgIpc) is 2.53. The van der Waals surface area contributed by atoms with E-state index in [1.807, 2.05) is 0 Å². The Balaban J connectivity index is 2.61. The fourth-order valence-electron chi connectivity index (χ4n) is 2.00. The summed E-state index contributed by atoms with van der Waals surface area (Å²) in [5.74, 6) is -1.48. The van der Waals surface area contributed by atoms with Crippen LogP contribution in [0, 0.1) is 0 Å². The standard InChI is InChI=1S/C16H14ClNO4S/c1-2-10-18(13-6-4-3-5-7-13)23(21,22)15-11-12(16(19)20)8-9-14(15)17/h2-9,11H,1,10H2,(H,19,20)/p-1. The molecule has 5 nitrogen and oxygen atoms in total. The topological polar surface area (TPSA) is 77.5 Å². The summed E-state index contributed by atoms with van der Waals surface area (Å²) < 4.78 is 26.9. The number of carboxylic acids is 1. The first-order chi connectivity index (χ1) is 10.9. The number of para-hydroxylation sites is 1. The summed E-state index contributed by atoms with van der Waals surface area (Å²) >= 11 is 5.97. The van der Waals surface area contributed by atoms with Crippen molar-refractivity contribution in [1.82, 2.24) is 0 Å². The number of nitrogens with zero attached hydrogens (tertiary/aromatic N) is 1. The highest BCUT2D eigenvalue weighted by Gasteiger charge is 2.26. The molecule has 2 aromatic carbocycles. The van der Waals surface area contributed by atoms with Gasteiger partial charge in [0.2, 0.25) is 0 Å². The molecule has 7 heteroatoms. The molecular formula is C16H13ClNO4S-. The molecule has 0 aliphatic rings. The molecule has 0 N–H and O–H groups in total. The van der Waals surface area contributed by atoms with Crippen molar-refractivity contribution >= 4 is 33.3 Å². The number of carboxylic acid groups (broad SMARTS) is 1. The van der Waals surface area contributed by atoms with Crippen LogP contribution in [0.25, 0.3) is 0 Å². The summed E-state index contributed by atoms with van der Waals surface area (Å²) in [6.45, 7) is 3.57. The Hall–Kier alpha value is -2.31. The van der Waals surface area contributed by atoms with Gasteiger partial charge in [0.25, 0.3) is 10.0 Å². The van der Waals surface area contributed by atoms with Gasteiger partial charge in [0.05, 0.1) is 23.2 Å². The minimum Gasteiger partial charge on any atom is -0.545 e. The van der Waals surface area contributed by atoms with Gasteiger partial charge in [-0.05, 0) is 29.8 Å². The average molecular weight is 351 g/mol. The van der Waals surface area contributed by atoms with Gasteiger partial charge in [0, 0.05) is 0 Å². The lowest BCUT2D eigenvalue weighted by Crippen LogP contribution is -2.32. The van der Waals surface area contributed by atoms with E-state index in [4.69, 9.17) is 11.6 Å². The minimum absolute atomic E-state index is 0.0121. The molecule has 0 saturated heterocycles. The number of carbonyl (C=O) groups excluding carboxylic acids is 1. The van der Waals surface area contributed by atoms with Gasteiger partial charge >= 0.3 is 0 Å². The number of aromatic carboxylic acids is 1. The zero-order valence-corrected chi connectivity index (χ0v) is 13.5. The van der Waals surface area contributed by atoms with Crippen molar-refractivity contribution in [2.45, 2.75) is 4.90 Å². The van der Waals surface area contributed by atoms with Gasteiger partial charge in [-0.25, -0.2) is 8.42 Å². The Morgan fingerprint density at radius 3 is 2.43 bits per heavy atom. The van der Waals surface area contributed by atoms with Crippen LogP contribution in [-0.4, -0.2) is 20.9 Å². The summed E-state index contributed by atoms with van der Waals surface area (Å²) in [7, 11) is -4.06. The van der Waals surface area contributed by atoms with Crippen molar-refractivity contribution in [3.63, 3.8) is 0 Å². The number of sulfonamides is 1. The fraction of sp³-hybridized carbons (Fsp3) is 0.0625. The van der Waals surface area contributed by atoms with E-state index in [1.54, 1.807) is 30.3 Å². The van der Waals surface area contributed by atoms with Crippen molar-refractivity contribution in [3.8, 4) is 0 Å². The summed E-state index contributed by atoms with van der Waals surface area (Å²) in [6, 6.07) is 11.8. The van der Waals surface area contributed by atoms with E-state index in [-0.39, 0.29) is 22.0 Å². The lowest BCUT2D eigenvalue weighted by molar-refractivity contribution is -0.255. The Morgan fingerprint density at radius 2 is 1.87 bits per heavy atom. The predicted octanol–water partition coefficient (Wildman–Crippen LogP) is 2.08. The van der Waals surface area contributed by atoms with E-state index in [9.17, 15) is 18.3 Å². The van der Waals surface area contributed by atoms with Crippen LogP contribution in [-0.2, 0) is 10.0 Å². The van der Waals surface area contributed by atoms with Crippen LogP contribution in [0.1, 0.15) is 10.4 Å². The van der Waals surface area contributed by atoms with Crippen LogP contribution in [0.4, 0.5) is 5.69 Å². The number of hydrogen-bond donors (Lipinski definition) is 0. The summed E-state index contributed by atoms with van der Waals surface area (Å²) in [5.41, 5.74) is 0.155. The Labute approximate surface area is 139 Å². The minimum atomic E-state index is -4.06. The lowest BCUT2D eigenvalue weighted by atomic mass is 10.2. The van der Waals surface area contributed by atoms with Crippen molar-refractivity contribution in [3.05, 3.63) is 71.8 Å². The third kappa shape index (κ3) is 3.55. The molecule has 0 atom stereocenters. The van der Waals surface area contributed by atoms with Crippen molar-refractivity contribution in [2.24, 2.45) is 0 Å². The predicted molar refractivity (Wildman–Crippen MR) is 87.0 cm³/mol. The van der Waals surface area contributed by atoms with Crippen LogP contribution in [0.5, 0.6) is 0 Å². The first-order valence-electron chi connectivity index (χ1n) is 6.57. The number of hydrogen-bond acceptors (Lipinski definition) is 4. The summed E-state index contributed by atoms with van der Waals surface area (Å²) in [6.07, 6.45) is 1.43. The maximum absolute atomic E-state index is 12.9. The third-order valence-electron chi connectivity index (χ3n) is 3.07. The molecule has 23 heavy (non-hydrogen) atoms. The zero-order chi connectivity index (χ0) is 17.0. The van der Waals surface area contributed by atoms with Gasteiger partial charge in [-0.3, -0.25) is 4.31 Å². The molecule has 0 unspecified atom stereocenters. The van der Waals surface area contributed by atoms with E-state index >= 15 is 0 Å². The summed E-state index contributed by atoms with van der Waals surface area (Å²) in [5, 5.41) is 10.9. The highest BCUT2D eigenvalue weighted by molar-refractivity contribution is 7.93. The second-order valence-electron chi connectivity index (χ2n) is 4.59. The van der Waals surface area contributed by atoms with Crippen LogP contribution in [0.2, 0.25) is 5.02 Å². The number of carbonyl (C=O) groups is 1. The van der Waals surface area contributed by atoms with Crippen molar-refractivity contribution in [2.75, 3.05) is 10.8 Å². The fourth-order valence-corrected chi connectivity index (χ4v) is 3.94. The van der Waals surface area contributed by atoms with Crippen LogP contribution < -0.4 is 9.41 Å². The van der Waals surface area contributed by atoms with E-state index in [0.717, 1.165) is 10.4 Å². The molecule has 120 valence electrons. The Bertz CT molecular complexity index is 834. The molecule has 0 saturated carbocycles. The lowest BCUT2D eigenvalue weighted by Gasteiger charge is -2.24.